The monoisotopic (exact) mass is 432 g/mol. The Morgan fingerprint density at radius 3 is 2.53 bits per heavy atom. The number of benzene rings is 2. The minimum Gasteiger partial charge on any atom is -0.493 e. The molecule has 1 N–H and O–H groups in total. The molecule has 0 atom stereocenters. The van der Waals surface area contributed by atoms with Gasteiger partial charge in [-0.05, 0) is 49.7 Å². The molecular weight excluding hydrogens is 408 g/mol. The average molecular weight is 433 g/mol. The number of hydrogen-bond acceptors (Lipinski definition) is 6. The Balaban J connectivity index is 2.13. The Labute approximate surface area is 181 Å². The van der Waals surface area contributed by atoms with Crippen LogP contribution in [0.5, 0.6) is 23.0 Å². The number of nitrogens with zero attached hydrogens (tertiary/aromatic N) is 1. The number of carbonyl (C=O) groups excluding carboxylic acids is 1. The lowest BCUT2D eigenvalue weighted by atomic mass is 10.2. The van der Waals surface area contributed by atoms with Gasteiger partial charge in [0.15, 0.2) is 23.0 Å². The van der Waals surface area contributed by atoms with E-state index in [1.165, 1.54) is 13.3 Å². The summed E-state index contributed by atoms with van der Waals surface area (Å²) in [7, 11) is 1.52. The van der Waals surface area contributed by atoms with E-state index in [9.17, 15) is 4.79 Å². The van der Waals surface area contributed by atoms with E-state index in [2.05, 4.69) is 17.1 Å². The highest BCUT2D eigenvalue weighted by atomic mass is 35.5. The molecule has 0 saturated carbocycles. The van der Waals surface area contributed by atoms with Crippen molar-refractivity contribution in [3.8, 4) is 23.0 Å². The normalized spacial score (nSPS) is 10.5. The highest BCUT2D eigenvalue weighted by molar-refractivity contribution is 6.32. The van der Waals surface area contributed by atoms with Crippen molar-refractivity contribution in [3.05, 3.63) is 59.1 Å². The van der Waals surface area contributed by atoms with E-state index in [1.807, 2.05) is 13.8 Å². The molecule has 0 aliphatic carbocycles. The van der Waals surface area contributed by atoms with Crippen molar-refractivity contribution in [2.75, 3.05) is 26.9 Å². The Kier molecular flexibility index (Phi) is 9.03. The fourth-order valence-electron chi connectivity index (χ4n) is 2.51. The zero-order valence-electron chi connectivity index (χ0n) is 17.2. The first-order chi connectivity index (χ1) is 14.5. The van der Waals surface area contributed by atoms with Gasteiger partial charge < -0.3 is 18.9 Å². The van der Waals surface area contributed by atoms with Crippen molar-refractivity contribution >= 4 is 23.7 Å². The van der Waals surface area contributed by atoms with Gasteiger partial charge in [-0.1, -0.05) is 24.3 Å². The second-order valence-corrected chi connectivity index (χ2v) is 6.27. The predicted molar refractivity (Wildman–Crippen MR) is 118 cm³/mol. The van der Waals surface area contributed by atoms with Crippen molar-refractivity contribution in [2.24, 2.45) is 5.10 Å². The molecule has 2 rings (SSSR count). The van der Waals surface area contributed by atoms with Gasteiger partial charge in [0.25, 0.3) is 5.91 Å². The van der Waals surface area contributed by atoms with E-state index in [0.717, 1.165) is 0 Å². The second-order valence-electron chi connectivity index (χ2n) is 5.86. The molecule has 0 aliphatic heterocycles. The number of hydrazone groups is 1. The van der Waals surface area contributed by atoms with Crippen molar-refractivity contribution in [1.82, 2.24) is 5.43 Å². The lowest BCUT2D eigenvalue weighted by molar-refractivity contribution is 0.0954. The second kappa shape index (κ2) is 11.7. The van der Waals surface area contributed by atoms with Gasteiger partial charge in [0, 0.05) is 5.56 Å². The van der Waals surface area contributed by atoms with E-state index >= 15 is 0 Å². The summed E-state index contributed by atoms with van der Waals surface area (Å²) in [5.41, 5.74) is 3.50. The third-order valence-corrected chi connectivity index (χ3v) is 4.06. The number of hydrogen-bond donors (Lipinski definition) is 1. The maximum absolute atomic E-state index is 12.4. The summed E-state index contributed by atoms with van der Waals surface area (Å²) in [6.45, 7) is 8.56. The Morgan fingerprint density at radius 1 is 1.10 bits per heavy atom. The summed E-state index contributed by atoms with van der Waals surface area (Å²) >= 11 is 6.24. The lowest BCUT2D eigenvalue weighted by Gasteiger charge is -2.12. The van der Waals surface area contributed by atoms with E-state index < -0.39 is 5.91 Å². The van der Waals surface area contributed by atoms with Crippen molar-refractivity contribution in [1.29, 1.82) is 0 Å². The maximum Gasteiger partial charge on any atom is 0.271 e. The standard InChI is InChI=1S/C22H25ClN2O5/c1-5-10-30-18-9-8-16(13-19(18)28-6-2)22(26)25-24-14-15-11-17(23)21(29-7-3)20(12-15)27-4/h5,8-9,11-14H,1,6-7,10H2,2-4H3,(H,25,26)/b24-14+. The van der Waals surface area contributed by atoms with Gasteiger partial charge in [0.05, 0.1) is 31.6 Å². The summed E-state index contributed by atoms with van der Waals surface area (Å²) < 4.78 is 21.9. The van der Waals surface area contributed by atoms with Crippen LogP contribution >= 0.6 is 11.6 Å². The highest BCUT2D eigenvalue weighted by Gasteiger charge is 2.12. The van der Waals surface area contributed by atoms with Gasteiger partial charge in [0.2, 0.25) is 0 Å². The van der Waals surface area contributed by atoms with Crippen LogP contribution in [0.4, 0.5) is 0 Å². The maximum atomic E-state index is 12.4. The number of amides is 1. The molecule has 7 nitrogen and oxygen atoms in total. The molecule has 0 unspecified atom stereocenters. The third kappa shape index (κ3) is 6.15. The van der Waals surface area contributed by atoms with Crippen LogP contribution in [0, 0.1) is 0 Å². The molecule has 2 aromatic carbocycles. The first-order valence-corrected chi connectivity index (χ1v) is 9.76. The Hall–Kier alpha value is -3.19. The smallest absolute Gasteiger partial charge is 0.271 e. The fourth-order valence-corrected chi connectivity index (χ4v) is 2.79. The molecule has 0 radical (unpaired) electrons. The van der Waals surface area contributed by atoms with Crippen LogP contribution in [-0.4, -0.2) is 39.1 Å². The van der Waals surface area contributed by atoms with E-state index in [0.29, 0.717) is 59.0 Å². The zero-order valence-corrected chi connectivity index (χ0v) is 18.0. The van der Waals surface area contributed by atoms with Crippen molar-refractivity contribution < 1.29 is 23.7 Å². The van der Waals surface area contributed by atoms with Gasteiger partial charge in [-0.15, -0.1) is 0 Å². The number of nitrogens with one attached hydrogen (secondary N) is 1. The van der Waals surface area contributed by atoms with Crippen LogP contribution in [0.1, 0.15) is 29.8 Å². The van der Waals surface area contributed by atoms with Crippen molar-refractivity contribution in [2.45, 2.75) is 13.8 Å². The van der Waals surface area contributed by atoms with Crippen LogP contribution in [0.25, 0.3) is 0 Å². The first-order valence-electron chi connectivity index (χ1n) is 9.38. The molecule has 2 aromatic rings. The van der Waals surface area contributed by atoms with Gasteiger partial charge in [0.1, 0.15) is 6.61 Å². The number of carbonyl (C=O) groups is 1. The minimum absolute atomic E-state index is 0.337. The Bertz CT molecular complexity index is 915. The van der Waals surface area contributed by atoms with Gasteiger partial charge >= 0.3 is 0 Å². The molecule has 0 spiro atoms. The fraction of sp³-hybridized carbons (Fsp3) is 0.273. The number of methoxy groups -OCH3 is 1. The molecule has 0 fully saturated rings. The highest BCUT2D eigenvalue weighted by Crippen LogP contribution is 2.36. The van der Waals surface area contributed by atoms with Crippen LogP contribution in [0.15, 0.2) is 48.1 Å². The molecule has 0 aliphatic rings. The summed E-state index contributed by atoms with van der Waals surface area (Å²) in [4.78, 5) is 12.4. The summed E-state index contributed by atoms with van der Waals surface area (Å²) in [6.07, 6.45) is 3.10. The van der Waals surface area contributed by atoms with Gasteiger partial charge in [-0.25, -0.2) is 5.43 Å². The van der Waals surface area contributed by atoms with E-state index in [-0.39, 0.29) is 0 Å². The van der Waals surface area contributed by atoms with Crippen LogP contribution in [0.2, 0.25) is 5.02 Å². The molecule has 0 bridgehead atoms. The topological polar surface area (TPSA) is 78.4 Å². The molecule has 8 heteroatoms. The number of rotatable bonds is 11. The predicted octanol–water partition coefficient (Wildman–Crippen LogP) is 4.47. The molecule has 1 amide bonds. The van der Waals surface area contributed by atoms with E-state index in [4.69, 9.17) is 30.5 Å². The lowest BCUT2D eigenvalue weighted by Crippen LogP contribution is -2.17. The summed E-state index contributed by atoms with van der Waals surface area (Å²) in [5.74, 6) is 1.55. The van der Waals surface area contributed by atoms with Crippen LogP contribution < -0.4 is 24.4 Å². The summed E-state index contributed by atoms with van der Waals surface area (Å²) in [5, 5.41) is 4.38. The minimum atomic E-state index is -0.397. The molecule has 30 heavy (non-hydrogen) atoms. The largest absolute Gasteiger partial charge is 0.493 e. The molecule has 0 heterocycles. The SMILES string of the molecule is C=CCOc1ccc(C(=O)N/N=C/c2cc(Cl)c(OCC)c(OC)c2)cc1OCC. The molecular formula is C22H25ClN2O5. The quantitative estimate of drug-likeness (QED) is 0.322. The Morgan fingerprint density at radius 2 is 1.87 bits per heavy atom. The average Bonchev–Trinajstić information content (AvgIpc) is 2.74. The first kappa shape index (κ1) is 23.1. The van der Waals surface area contributed by atoms with Gasteiger partial charge in [-0.2, -0.15) is 5.10 Å². The van der Waals surface area contributed by atoms with Crippen molar-refractivity contribution in [3.63, 3.8) is 0 Å². The molecule has 160 valence electrons. The number of ether oxygens (including phenoxy) is 4. The van der Waals surface area contributed by atoms with Gasteiger partial charge in [-0.3, -0.25) is 4.79 Å². The molecule has 0 saturated heterocycles. The number of halogens is 1. The van der Waals surface area contributed by atoms with Crippen LogP contribution in [-0.2, 0) is 0 Å². The third-order valence-electron chi connectivity index (χ3n) is 3.78. The van der Waals surface area contributed by atoms with Crippen LogP contribution in [0.3, 0.4) is 0 Å². The molecule has 0 aromatic heterocycles. The zero-order chi connectivity index (χ0) is 21.9. The summed E-state index contributed by atoms with van der Waals surface area (Å²) in [6, 6.07) is 8.28. The van der Waals surface area contributed by atoms with E-state index in [1.54, 1.807) is 36.4 Å².